The van der Waals surface area contributed by atoms with Gasteiger partial charge in [0, 0.05) is 19.2 Å². The van der Waals surface area contributed by atoms with Crippen LogP contribution in [-0.2, 0) is 4.74 Å². The van der Waals surface area contributed by atoms with Crippen LogP contribution >= 0.6 is 0 Å². The summed E-state index contributed by atoms with van der Waals surface area (Å²) >= 11 is 0. The van der Waals surface area contributed by atoms with E-state index >= 15 is 0 Å². The van der Waals surface area contributed by atoms with Crippen LogP contribution in [0.1, 0.15) is 39.5 Å². The summed E-state index contributed by atoms with van der Waals surface area (Å²) in [4.78, 5) is 2.54. The Kier molecular flexibility index (Phi) is 2.13. The summed E-state index contributed by atoms with van der Waals surface area (Å²) in [6, 6.07) is 0.644. The molecule has 0 aromatic rings. The Morgan fingerprint density at radius 1 is 1.25 bits per heavy atom. The number of hydrogen-bond acceptors (Lipinski definition) is 2. The molecule has 0 saturated carbocycles. The van der Waals surface area contributed by atoms with Crippen molar-refractivity contribution in [3.63, 3.8) is 0 Å². The fourth-order valence-corrected chi connectivity index (χ4v) is 2.71. The van der Waals surface area contributed by atoms with Gasteiger partial charge in [-0.3, -0.25) is 4.90 Å². The van der Waals surface area contributed by atoms with Gasteiger partial charge in [-0.25, -0.2) is 0 Å². The zero-order chi connectivity index (χ0) is 8.60. The van der Waals surface area contributed by atoms with Crippen molar-refractivity contribution >= 4 is 0 Å². The summed E-state index contributed by atoms with van der Waals surface area (Å²) in [5.74, 6) is 0. The van der Waals surface area contributed by atoms with Gasteiger partial charge in [-0.15, -0.1) is 0 Å². The quantitative estimate of drug-likeness (QED) is 0.595. The first kappa shape index (κ1) is 8.52. The first-order valence-corrected chi connectivity index (χ1v) is 5.15. The molecule has 0 aliphatic carbocycles. The maximum atomic E-state index is 5.90. The number of ether oxygens (including phenoxy) is 1. The van der Waals surface area contributed by atoms with E-state index in [2.05, 4.69) is 18.7 Å². The number of rotatable bonds is 1. The lowest BCUT2D eigenvalue weighted by molar-refractivity contribution is -0.110. The van der Waals surface area contributed by atoms with E-state index in [0.717, 1.165) is 6.61 Å². The summed E-state index contributed by atoms with van der Waals surface area (Å²) in [6.45, 7) is 6.75. The van der Waals surface area contributed by atoms with Crippen molar-refractivity contribution in [2.24, 2.45) is 0 Å². The minimum atomic E-state index is 0.161. The lowest BCUT2D eigenvalue weighted by Crippen LogP contribution is -2.46. The van der Waals surface area contributed by atoms with Gasteiger partial charge in [-0.2, -0.15) is 0 Å². The molecule has 2 heteroatoms. The molecular weight excluding hydrogens is 150 g/mol. The maximum absolute atomic E-state index is 5.90. The van der Waals surface area contributed by atoms with E-state index in [1.807, 2.05) is 0 Å². The highest BCUT2D eigenvalue weighted by molar-refractivity contribution is 4.92. The molecule has 70 valence electrons. The van der Waals surface area contributed by atoms with E-state index in [1.165, 1.54) is 32.2 Å². The second kappa shape index (κ2) is 3.00. The molecule has 0 N–H and O–H groups in total. The predicted octanol–water partition coefficient (Wildman–Crippen LogP) is 2.00. The van der Waals surface area contributed by atoms with Gasteiger partial charge in [0.05, 0.1) is 0 Å². The second-order valence-electron chi connectivity index (χ2n) is 4.29. The molecule has 1 atom stereocenters. The Balaban J connectivity index is 2.12. The first-order valence-electron chi connectivity index (χ1n) is 5.15. The van der Waals surface area contributed by atoms with E-state index in [4.69, 9.17) is 4.74 Å². The predicted molar refractivity (Wildman–Crippen MR) is 49.0 cm³/mol. The smallest absolute Gasteiger partial charge is 0.122 e. The minimum Gasteiger partial charge on any atom is -0.360 e. The van der Waals surface area contributed by atoms with Crippen molar-refractivity contribution < 1.29 is 4.74 Å². The van der Waals surface area contributed by atoms with Gasteiger partial charge >= 0.3 is 0 Å². The van der Waals surface area contributed by atoms with Gasteiger partial charge in [0.1, 0.15) is 5.72 Å². The topological polar surface area (TPSA) is 12.5 Å². The van der Waals surface area contributed by atoms with Crippen LogP contribution in [0.2, 0.25) is 0 Å². The lowest BCUT2D eigenvalue weighted by Gasteiger charge is -2.36. The Hall–Kier alpha value is -0.0800. The lowest BCUT2D eigenvalue weighted by atomic mass is 10.1. The van der Waals surface area contributed by atoms with Crippen molar-refractivity contribution in [2.75, 3.05) is 13.2 Å². The van der Waals surface area contributed by atoms with Gasteiger partial charge in [0.2, 0.25) is 0 Å². The molecule has 1 spiro atoms. The normalized spacial score (nSPS) is 37.2. The van der Waals surface area contributed by atoms with Crippen LogP contribution in [0.4, 0.5) is 0 Å². The van der Waals surface area contributed by atoms with Crippen molar-refractivity contribution in [3.05, 3.63) is 0 Å². The Labute approximate surface area is 74.9 Å². The first-order chi connectivity index (χ1) is 5.75. The highest BCUT2D eigenvalue weighted by atomic mass is 16.5. The molecule has 2 saturated heterocycles. The van der Waals surface area contributed by atoms with Gasteiger partial charge in [-0.05, 0) is 39.5 Å². The average molecular weight is 169 g/mol. The number of hydrogen-bond donors (Lipinski definition) is 0. The van der Waals surface area contributed by atoms with E-state index in [-0.39, 0.29) is 5.72 Å². The molecule has 2 nitrogen and oxygen atoms in total. The molecule has 1 unspecified atom stereocenters. The molecule has 0 aromatic carbocycles. The van der Waals surface area contributed by atoms with Crippen LogP contribution < -0.4 is 0 Å². The third kappa shape index (κ3) is 1.17. The molecule has 2 fully saturated rings. The van der Waals surface area contributed by atoms with Crippen molar-refractivity contribution in [1.29, 1.82) is 0 Å². The molecule has 0 aromatic heterocycles. The molecule has 0 amide bonds. The van der Waals surface area contributed by atoms with Gasteiger partial charge in [0.15, 0.2) is 0 Å². The van der Waals surface area contributed by atoms with Crippen LogP contribution in [-0.4, -0.2) is 29.8 Å². The minimum absolute atomic E-state index is 0.161. The van der Waals surface area contributed by atoms with Crippen LogP contribution in [0.5, 0.6) is 0 Å². The average Bonchev–Trinajstić information content (AvgIpc) is 2.61. The Morgan fingerprint density at radius 3 is 2.58 bits per heavy atom. The summed E-state index contributed by atoms with van der Waals surface area (Å²) in [5, 5.41) is 0. The fraction of sp³-hybridized carbons (Fsp3) is 1.00. The van der Waals surface area contributed by atoms with E-state index in [0.29, 0.717) is 6.04 Å². The zero-order valence-electron chi connectivity index (χ0n) is 8.18. The summed E-state index contributed by atoms with van der Waals surface area (Å²) < 4.78 is 5.90. The second-order valence-corrected chi connectivity index (χ2v) is 4.29. The molecule has 2 aliphatic rings. The van der Waals surface area contributed by atoms with Crippen LogP contribution in [0, 0.1) is 0 Å². The molecule has 2 rings (SSSR count). The van der Waals surface area contributed by atoms with Crippen LogP contribution in [0.25, 0.3) is 0 Å². The van der Waals surface area contributed by atoms with Crippen LogP contribution in [0.3, 0.4) is 0 Å². The van der Waals surface area contributed by atoms with Gasteiger partial charge < -0.3 is 4.74 Å². The van der Waals surface area contributed by atoms with Crippen molar-refractivity contribution in [2.45, 2.75) is 51.3 Å². The zero-order valence-corrected chi connectivity index (χ0v) is 8.18. The molecule has 0 bridgehead atoms. The molecule has 2 heterocycles. The summed E-state index contributed by atoms with van der Waals surface area (Å²) in [6.07, 6.45) is 5.08. The Morgan fingerprint density at radius 2 is 2.00 bits per heavy atom. The molecular formula is C10H19NO. The van der Waals surface area contributed by atoms with E-state index in [1.54, 1.807) is 0 Å². The van der Waals surface area contributed by atoms with Crippen molar-refractivity contribution in [1.82, 2.24) is 4.90 Å². The largest absolute Gasteiger partial charge is 0.360 e. The standard InChI is InChI=1S/C10H19NO/c1-9(2)11-7-3-5-10(11)6-4-8-12-10/h9H,3-8H2,1-2H3. The third-order valence-electron chi connectivity index (χ3n) is 3.20. The third-order valence-corrected chi connectivity index (χ3v) is 3.20. The van der Waals surface area contributed by atoms with Gasteiger partial charge in [-0.1, -0.05) is 0 Å². The summed E-state index contributed by atoms with van der Waals surface area (Å²) in [7, 11) is 0. The molecule has 0 radical (unpaired) electrons. The SMILES string of the molecule is CC(C)N1CCCC12CCCO2. The van der Waals surface area contributed by atoms with Gasteiger partial charge in [0.25, 0.3) is 0 Å². The van der Waals surface area contributed by atoms with Crippen LogP contribution in [0.15, 0.2) is 0 Å². The highest BCUT2D eigenvalue weighted by Gasteiger charge is 2.45. The number of likely N-dealkylation sites (tertiary alicyclic amines) is 1. The number of nitrogens with zero attached hydrogens (tertiary/aromatic N) is 1. The maximum Gasteiger partial charge on any atom is 0.122 e. The summed E-state index contributed by atoms with van der Waals surface area (Å²) in [5.41, 5.74) is 0.161. The molecule has 2 aliphatic heterocycles. The molecule has 12 heavy (non-hydrogen) atoms. The monoisotopic (exact) mass is 169 g/mol. The van der Waals surface area contributed by atoms with E-state index in [9.17, 15) is 0 Å². The van der Waals surface area contributed by atoms with Crippen molar-refractivity contribution in [3.8, 4) is 0 Å². The highest BCUT2D eigenvalue weighted by Crippen LogP contribution is 2.39. The Bertz CT molecular complexity index is 156. The van der Waals surface area contributed by atoms with E-state index < -0.39 is 0 Å². The fourth-order valence-electron chi connectivity index (χ4n) is 2.71.